The number of carbonyl (C=O) groups excluding carboxylic acids is 1. The summed E-state index contributed by atoms with van der Waals surface area (Å²) in [7, 11) is 0. The van der Waals surface area contributed by atoms with Crippen LogP contribution < -0.4 is 4.74 Å². The second-order valence-electron chi connectivity index (χ2n) is 4.53. The standard InChI is InChI=1S/C14H18ClNO2/c15-14(11-17)16-9-4-7-13(8-10-16)18-12-5-2-1-3-6-12/h1-3,5-6,11,13-14H,4,7-10H2/t13-,14?/m1/s1. The fourth-order valence-electron chi connectivity index (χ4n) is 2.23. The van der Waals surface area contributed by atoms with E-state index in [0.29, 0.717) is 0 Å². The van der Waals surface area contributed by atoms with E-state index >= 15 is 0 Å². The molecule has 0 bridgehead atoms. The van der Waals surface area contributed by atoms with Gasteiger partial charge in [-0.15, -0.1) is 0 Å². The number of hydrogen-bond acceptors (Lipinski definition) is 3. The molecule has 1 aromatic carbocycles. The summed E-state index contributed by atoms with van der Waals surface area (Å²) in [6, 6.07) is 9.86. The molecule has 0 radical (unpaired) electrons. The molecule has 0 aliphatic carbocycles. The van der Waals surface area contributed by atoms with Crippen LogP contribution in [0.1, 0.15) is 19.3 Å². The summed E-state index contributed by atoms with van der Waals surface area (Å²) >= 11 is 5.94. The van der Waals surface area contributed by atoms with Crippen LogP contribution in [0.2, 0.25) is 0 Å². The summed E-state index contributed by atoms with van der Waals surface area (Å²) in [6.45, 7) is 1.67. The highest BCUT2D eigenvalue weighted by molar-refractivity contribution is 6.27. The quantitative estimate of drug-likeness (QED) is 0.477. The van der Waals surface area contributed by atoms with Crippen LogP contribution in [-0.2, 0) is 4.79 Å². The number of para-hydroxylation sites is 1. The normalized spacial score (nSPS) is 23.1. The van der Waals surface area contributed by atoms with Crippen molar-refractivity contribution in [2.75, 3.05) is 13.1 Å². The Morgan fingerprint density at radius 2 is 2.06 bits per heavy atom. The van der Waals surface area contributed by atoms with Gasteiger partial charge in [0.05, 0.1) is 6.10 Å². The van der Waals surface area contributed by atoms with Crippen LogP contribution in [0.3, 0.4) is 0 Å². The van der Waals surface area contributed by atoms with Crippen molar-refractivity contribution in [1.29, 1.82) is 0 Å². The lowest BCUT2D eigenvalue weighted by molar-refractivity contribution is -0.110. The number of halogens is 1. The predicted molar refractivity (Wildman–Crippen MR) is 72.0 cm³/mol. The van der Waals surface area contributed by atoms with E-state index in [4.69, 9.17) is 16.3 Å². The lowest BCUT2D eigenvalue weighted by atomic mass is 10.1. The van der Waals surface area contributed by atoms with Gasteiger partial charge in [-0.2, -0.15) is 0 Å². The summed E-state index contributed by atoms with van der Waals surface area (Å²) in [5.41, 5.74) is -0.500. The molecular formula is C14H18ClNO2. The summed E-state index contributed by atoms with van der Waals surface area (Å²) in [6.07, 6.45) is 3.93. The SMILES string of the molecule is O=CC(Cl)N1CCC[C@@H](Oc2ccccc2)CC1. The largest absolute Gasteiger partial charge is 0.490 e. The van der Waals surface area contributed by atoms with Gasteiger partial charge in [0.2, 0.25) is 0 Å². The van der Waals surface area contributed by atoms with Crippen molar-refractivity contribution in [1.82, 2.24) is 4.90 Å². The number of ether oxygens (including phenoxy) is 1. The third-order valence-electron chi connectivity index (χ3n) is 3.22. The number of carbonyl (C=O) groups is 1. The van der Waals surface area contributed by atoms with Gasteiger partial charge < -0.3 is 9.53 Å². The lowest BCUT2D eigenvalue weighted by Gasteiger charge is -2.21. The van der Waals surface area contributed by atoms with Gasteiger partial charge in [0.25, 0.3) is 0 Å². The minimum absolute atomic E-state index is 0.216. The molecule has 1 aliphatic heterocycles. The van der Waals surface area contributed by atoms with E-state index in [0.717, 1.165) is 44.4 Å². The summed E-state index contributed by atoms with van der Waals surface area (Å²) < 4.78 is 5.94. The minimum Gasteiger partial charge on any atom is -0.490 e. The van der Waals surface area contributed by atoms with Crippen molar-refractivity contribution in [3.05, 3.63) is 30.3 Å². The number of rotatable bonds is 4. The van der Waals surface area contributed by atoms with Crippen molar-refractivity contribution in [3.63, 3.8) is 0 Å². The average molecular weight is 268 g/mol. The van der Waals surface area contributed by atoms with Crippen LogP contribution in [0.4, 0.5) is 0 Å². The number of nitrogens with zero attached hydrogens (tertiary/aromatic N) is 1. The molecule has 1 aliphatic rings. The van der Waals surface area contributed by atoms with Crippen LogP contribution in [0, 0.1) is 0 Å². The maximum absolute atomic E-state index is 10.7. The van der Waals surface area contributed by atoms with Crippen molar-refractivity contribution in [2.45, 2.75) is 30.9 Å². The molecule has 0 N–H and O–H groups in total. The lowest BCUT2D eigenvalue weighted by Crippen LogP contribution is -2.33. The topological polar surface area (TPSA) is 29.5 Å². The first-order valence-corrected chi connectivity index (χ1v) is 6.78. The van der Waals surface area contributed by atoms with E-state index in [1.54, 1.807) is 0 Å². The van der Waals surface area contributed by atoms with Gasteiger partial charge in [-0.05, 0) is 31.4 Å². The third-order valence-corrected chi connectivity index (χ3v) is 3.60. The number of alkyl halides is 1. The number of aldehydes is 1. The molecule has 0 amide bonds. The van der Waals surface area contributed by atoms with Gasteiger partial charge in [0.1, 0.15) is 11.3 Å². The van der Waals surface area contributed by atoms with Crippen molar-refractivity contribution >= 4 is 17.9 Å². The molecule has 0 aromatic heterocycles. The third kappa shape index (κ3) is 3.72. The Kier molecular flexibility index (Phi) is 5.02. The van der Waals surface area contributed by atoms with E-state index in [-0.39, 0.29) is 6.10 Å². The molecule has 1 aromatic rings. The first-order valence-electron chi connectivity index (χ1n) is 6.34. The van der Waals surface area contributed by atoms with Crippen LogP contribution in [0.25, 0.3) is 0 Å². The smallest absolute Gasteiger partial charge is 0.152 e. The molecule has 18 heavy (non-hydrogen) atoms. The van der Waals surface area contributed by atoms with Gasteiger partial charge in [-0.3, -0.25) is 4.90 Å². The molecule has 0 spiro atoms. The fourth-order valence-corrected chi connectivity index (χ4v) is 2.43. The Labute approximate surface area is 113 Å². The van der Waals surface area contributed by atoms with E-state index < -0.39 is 5.50 Å². The zero-order valence-electron chi connectivity index (χ0n) is 10.3. The molecule has 3 nitrogen and oxygen atoms in total. The molecule has 4 heteroatoms. The van der Waals surface area contributed by atoms with Gasteiger partial charge in [0, 0.05) is 13.1 Å². The van der Waals surface area contributed by atoms with E-state index in [1.165, 1.54) is 0 Å². The molecule has 2 atom stereocenters. The molecule has 0 saturated carbocycles. The Hall–Kier alpha value is -1.06. The first-order chi connectivity index (χ1) is 8.79. The molecule has 1 heterocycles. The van der Waals surface area contributed by atoms with E-state index in [9.17, 15) is 4.79 Å². The van der Waals surface area contributed by atoms with Gasteiger partial charge in [0.15, 0.2) is 6.29 Å². The van der Waals surface area contributed by atoms with E-state index in [2.05, 4.69) is 0 Å². The highest BCUT2D eigenvalue weighted by atomic mass is 35.5. The molecule has 1 unspecified atom stereocenters. The van der Waals surface area contributed by atoms with Crippen LogP contribution in [0.5, 0.6) is 5.75 Å². The molecule has 1 saturated heterocycles. The van der Waals surface area contributed by atoms with Crippen LogP contribution >= 0.6 is 11.6 Å². The number of benzene rings is 1. The first kappa shape index (κ1) is 13.4. The van der Waals surface area contributed by atoms with Crippen LogP contribution in [-0.4, -0.2) is 35.9 Å². The van der Waals surface area contributed by atoms with Crippen LogP contribution in [0.15, 0.2) is 30.3 Å². The maximum atomic E-state index is 10.7. The second-order valence-corrected chi connectivity index (χ2v) is 4.98. The van der Waals surface area contributed by atoms with E-state index in [1.807, 2.05) is 35.2 Å². The summed E-state index contributed by atoms with van der Waals surface area (Å²) in [5, 5.41) is 0. The number of hydrogen-bond donors (Lipinski definition) is 0. The van der Waals surface area contributed by atoms with Gasteiger partial charge in [-0.25, -0.2) is 0 Å². The Bertz CT molecular complexity index is 371. The Morgan fingerprint density at radius 1 is 1.28 bits per heavy atom. The molecule has 1 fully saturated rings. The zero-order valence-corrected chi connectivity index (χ0v) is 11.1. The maximum Gasteiger partial charge on any atom is 0.152 e. The zero-order chi connectivity index (χ0) is 12.8. The minimum atomic E-state index is -0.500. The Morgan fingerprint density at radius 3 is 2.78 bits per heavy atom. The monoisotopic (exact) mass is 267 g/mol. The number of likely N-dealkylation sites (tertiary alicyclic amines) is 1. The van der Waals surface area contributed by atoms with Gasteiger partial charge >= 0.3 is 0 Å². The molecular weight excluding hydrogens is 250 g/mol. The summed E-state index contributed by atoms with van der Waals surface area (Å²) in [4.78, 5) is 12.7. The Balaban J connectivity index is 1.87. The van der Waals surface area contributed by atoms with Crippen molar-refractivity contribution < 1.29 is 9.53 Å². The van der Waals surface area contributed by atoms with Crippen molar-refractivity contribution in [3.8, 4) is 5.75 Å². The highest BCUT2D eigenvalue weighted by Crippen LogP contribution is 2.20. The summed E-state index contributed by atoms with van der Waals surface area (Å²) in [5.74, 6) is 0.911. The molecule has 98 valence electrons. The second kappa shape index (κ2) is 6.76. The average Bonchev–Trinajstić information content (AvgIpc) is 2.65. The fraction of sp³-hybridized carbons (Fsp3) is 0.500. The van der Waals surface area contributed by atoms with Crippen molar-refractivity contribution in [2.24, 2.45) is 0 Å². The predicted octanol–water partition coefficient (Wildman–Crippen LogP) is 2.68. The van der Waals surface area contributed by atoms with Gasteiger partial charge in [-0.1, -0.05) is 29.8 Å². The highest BCUT2D eigenvalue weighted by Gasteiger charge is 2.22. The molecule has 2 rings (SSSR count).